The zero-order chi connectivity index (χ0) is 14.0. The molecule has 0 aliphatic carbocycles. The Hall–Kier alpha value is -2.09. The predicted octanol–water partition coefficient (Wildman–Crippen LogP) is 3.62. The number of carbonyl (C=O) groups excluding carboxylic acids is 1. The average Bonchev–Trinajstić information content (AvgIpc) is 2.34. The van der Waals surface area contributed by atoms with Crippen molar-refractivity contribution in [1.82, 2.24) is 0 Å². The molecular weight excluding hydrogens is 234 g/mol. The van der Waals surface area contributed by atoms with Crippen LogP contribution in [-0.4, -0.2) is 5.78 Å². The number of rotatable bonds is 3. The molecule has 19 heavy (non-hydrogen) atoms. The van der Waals surface area contributed by atoms with Gasteiger partial charge in [0.25, 0.3) is 0 Å². The van der Waals surface area contributed by atoms with Crippen molar-refractivity contribution in [3.63, 3.8) is 0 Å². The summed E-state index contributed by atoms with van der Waals surface area (Å²) in [5.41, 5.74) is 11.8. The van der Waals surface area contributed by atoms with Crippen LogP contribution in [-0.2, 0) is 6.42 Å². The smallest absolute Gasteiger partial charge is 0.167 e. The lowest BCUT2D eigenvalue weighted by molar-refractivity contribution is 0.0992. The molecule has 0 bridgehead atoms. The third-order valence-electron chi connectivity index (χ3n) is 3.41. The SMILES string of the molecule is Cc1cc(C)c(CC(=O)c2ccc(N)cc2)c(C)c1. The Bertz CT molecular complexity index is 589. The Labute approximate surface area is 114 Å². The van der Waals surface area contributed by atoms with Gasteiger partial charge < -0.3 is 5.73 Å². The summed E-state index contributed by atoms with van der Waals surface area (Å²) in [5, 5.41) is 0. The minimum Gasteiger partial charge on any atom is -0.399 e. The zero-order valence-corrected chi connectivity index (χ0v) is 11.7. The van der Waals surface area contributed by atoms with Crippen molar-refractivity contribution >= 4 is 11.5 Å². The molecule has 2 N–H and O–H groups in total. The first-order valence-electron chi connectivity index (χ1n) is 6.43. The van der Waals surface area contributed by atoms with E-state index < -0.39 is 0 Å². The highest BCUT2D eigenvalue weighted by Crippen LogP contribution is 2.19. The molecule has 0 aromatic heterocycles. The maximum atomic E-state index is 12.3. The van der Waals surface area contributed by atoms with Gasteiger partial charge in [-0.15, -0.1) is 0 Å². The van der Waals surface area contributed by atoms with E-state index in [0.717, 1.165) is 5.56 Å². The highest BCUT2D eigenvalue weighted by molar-refractivity contribution is 5.98. The fraction of sp³-hybridized carbons (Fsp3) is 0.235. The second kappa shape index (κ2) is 5.27. The van der Waals surface area contributed by atoms with Crippen molar-refractivity contribution < 1.29 is 4.79 Å². The van der Waals surface area contributed by atoms with Gasteiger partial charge in [-0.2, -0.15) is 0 Å². The molecule has 0 heterocycles. The number of hydrogen-bond donors (Lipinski definition) is 1. The van der Waals surface area contributed by atoms with Crippen LogP contribution < -0.4 is 5.73 Å². The molecule has 0 amide bonds. The van der Waals surface area contributed by atoms with Crippen LogP contribution >= 0.6 is 0 Å². The number of aryl methyl sites for hydroxylation is 3. The van der Waals surface area contributed by atoms with Crippen molar-refractivity contribution in [3.8, 4) is 0 Å². The summed E-state index contributed by atoms with van der Waals surface area (Å²) in [6.45, 7) is 6.20. The molecule has 2 aromatic rings. The lowest BCUT2D eigenvalue weighted by atomic mass is 9.94. The van der Waals surface area contributed by atoms with E-state index in [1.54, 1.807) is 24.3 Å². The summed E-state index contributed by atoms with van der Waals surface area (Å²) >= 11 is 0. The quantitative estimate of drug-likeness (QED) is 0.670. The highest BCUT2D eigenvalue weighted by atomic mass is 16.1. The number of anilines is 1. The Morgan fingerprint density at radius 2 is 1.53 bits per heavy atom. The van der Waals surface area contributed by atoms with Gasteiger partial charge in [-0.25, -0.2) is 0 Å². The van der Waals surface area contributed by atoms with E-state index in [4.69, 9.17) is 5.73 Å². The summed E-state index contributed by atoms with van der Waals surface area (Å²) in [4.78, 5) is 12.3. The van der Waals surface area contributed by atoms with Gasteiger partial charge in [0.1, 0.15) is 0 Å². The molecule has 0 saturated heterocycles. The van der Waals surface area contributed by atoms with Crippen LogP contribution in [0.25, 0.3) is 0 Å². The number of nitrogens with two attached hydrogens (primary N) is 1. The number of carbonyl (C=O) groups is 1. The normalized spacial score (nSPS) is 10.5. The van der Waals surface area contributed by atoms with E-state index in [0.29, 0.717) is 17.7 Å². The van der Waals surface area contributed by atoms with Crippen molar-refractivity contribution in [2.24, 2.45) is 0 Å². The van der Waals surface area contributed by atoms with E-state index in [1.165, 1.54) is 16.7 Å². The summed E-state index contributed by atoms with van der Waals surface area (Å²) < 4.78 is 0. The Morgan fingerprint density at radius 1 is 1.00 bits per heavy atom. The van der Waals surface area contributed by atoms with E-state index in [1.807, 2.05) is 0 Å². The van der Waals surface area contributed by atoms with Crippen molar-refractivity contribution in [3.05, 3.63) is 64.2 Å². The molecule has 2 rings (SSSR count). The van der Waals surface area contributed by atoms with Gasteiger partial charge in [0, 0.05) is 17.7 Å². The molecule has 0 spiro atoms. The Kier molecular flexibility index (Phi) is 3.70. The van der Waals surface area contributed by atoms with Crippen LogP contribution in [0.1, 0.15) is 32.6 Å². The second-order valence-corrected chi connectivity index (χ2v) is 5.10. The lowest BCUT2D eigenvalue weighted by Crippen LogP contribution is -2.07. The van der Waals surface area contributed by atoms with E-state index in [9.17, 15) is 4.79 Å². The van der Waals surface area contributed by atoms with E-state index in [-0.39, 0.29) is 5.78 Å². The van der Waals surface area contributed by atoms with Gasteiger partial charge in [0.2, 0.25) is 0 Å². The third-order valence-corrected chi connectivity index (χ3v) is 3.41. The van der Waals surface area contributed by atoms with Crippen LogP contribution in [0.5, 0.6) is 0 Å². The third kappa shape index (κ3) is 3.02. The Morgan fingerprint density at radius 3 is 2.05 bits per heavy atom. The van der Waals surface area contributed by atoms with Crippen molar-refractivity contribution in [2.45, 2.75) is 27.2 Å². The second-order valence-electron chi connectivity index (χ2n) is 5.10. The summed E-state index contributed by atoms with van der Waals surface area (Å²) in [6.07, 6.45) is 0.446. The summed E-state index contributed by atoms with van der Waals surface area (Å²) in [7, 11) is 0. The molecule has 0 unspecified atom stereocenters. The minimum atomic E-state index is 0.134. The lowest BCUT2D eigenvalue weighted by Gasteiger charge is -2.11. The van der Waals surface area contributed by atoms with Crippen molar-refractivity contribution in [1.29, 1.82) is 0 Å². The van der Waals surface area contributed by atoms with Gasteiger partial charge in [0.05, 0.1) is 0 Å². The topological polar surface area (TPSA) is 43.1 Å². The minimum absolute atomic E-state index is 0.134. The molecule has 0 atom stereocenters. The van der Waals surface area contributed by atoms with Crippen LogP contribution in [0.3, 0.4) is 0 Å². The molecule has 0 aliphatic rings. The molecule has 2 aromatic carbocycles. The van der Waals surface area contributed by atoms with Gasteiger partial charge in [0.15, 0.2) is 5.78 Å². The molecule has 0 radical (unpaired) electrons. The van der Waals surface area contributed by atoms with Crippen LogP contribution in [0.4, 0.5) is 5.69 Å². The molecule has 0 aliphatic heterocycles. The molecule has 0 fully saturated rings. The number of hydrogen-bond acceptors (Lipinski definition) is 2. The first-order chi connectivity index (χ1) is 8.97. The molecule has 2 heteroatoms. The van der Waals surface area contributed by atoms with Crippen LogP contribution in [0.15, 0.2) is 36.4 Å². The van der Waals surface area contributed by atoms with Gasteiger partial charge in [-0.3, -0.25) is 4.79 Å². The van der Waals surface area contributed by atoms with E-state index >= 15 is 0 Å². The molecule has 2 nitrogen and oxygen atoms in total. The standard InChI is InChI=1S/C17H19NO/c1-11-8-12(2)16(13(3)9-11)10-17(19)14-4-6-15(18)7-5-14/h4-9H,10,18H2,1-3H3. The maximum Gasteiger partial charge on any atom is 0.167 e. The number of nitrogen functional groups attached to an aromatic ring is 1. The van der Waals surface area contributed by atoms with Crippen LogP contribution in [0, 0.1) is 20.8 Å². The fourth-order valence-electron chi connectivity index (χ4n) is 2.42. The predicted molar refractivity (Wildman–Crippen MR) is 79.5 cm³/mol. The summed E-state index contributed by atoms with van der Waals surface area (Å²) in [6, 6.07) is 11.4. The first-order valence-corrected chi connectivity index (χ1v) is 6.43. The Balaban J connectivity index is 2.26. The van der Waals surface area contributed by atoms with Gasteiger partial charge >= 0.3 is 0 Å². The summed E-state index contributed by atoms with van der Waals surface area (Å²) in [5.74, 6) is 0.134. The van der Waals surface area contributed by atoms with E-state index in [2.05, 4.69) is 32.9 Å². The fourth-order valence-corrected chi connectivity index (χ4v) is 2.42. The highest BCUT2D eigenvalue weighted by Gasteiger charge is 2.11. The average molecular weight is 253 g/mol. The first kappa shape index (κ1) is 13.3. The van der Waals surface area contributed by atoms with Crippen molar-refractivity contribution in [2.75, 3.05) is 5.73 Å². The van der Waals surface area contributed by atoms with Gasteiger partial charge in [-0.1, -0.05) is 17.7 Å². The molecular formula is C17H19NO. The molecule has 98 valence electrons. The maximum absolute atomic E-state index is 12.3. The number of Topliss-reactive ketones (excluding diaryl/α,β-unsaturated/α-hetero) is 1. The number of benzene rings is 2. The van der Waals surface area contributed by atoms with Crippen LogP contribution in [0.2, 0.25) is 0 Å². The zero-order valence-electron chi connectivity index (χ0n) is 11.7. The van der Waals surface area contributed by atoms with Gasteiger partial charge in [-0.05, 0) is 61.7 Å². The number of ketones is 1. The molecule has 0 saturated carbocycles. The monoisotopic (exact) mass is 253 g/mol. The largest absolute Gasteiger partial charge is 0.399 e.